The van der Waals surface area contributed by atoms with Crippen LogP contribution in [0.25, 0.3) is 22.3 Å². The molecule has 0 radical (unpaired) electrons. The van der Waals surface area contributed by atoms with E-state index in [0.717, 1.165) is 0 Å². The lowest BCUT2D eigenvalue weighted by molar-refractivity contribution is 0.590. The lowest BCUT2D eigenvalue weighted by Gasteiger charge is -2.20. The molecule has 0 fully saturated rings. The second kappa shape index (κ2) is 7.82. The Morgan fingerprint density at radius 1 is 0.483 bits per heavy atom. The SMILES string of the molecule is CC(C)c1cc(-c2ccc(C(C)(C)C)cc2)cc(-c2ccc(C(C)(C)C)cc2)c1. The zero-order valence-corrected chi connectivity index (χ0v) is 19.4. The van der Waals surface area contributed by atoms with Crippen LogP contribution < -0.4 is 0 Å². The molecule has 0 saturated heterocycles. The van der Waals surface area contributed by atoms with Crippen molar-refractivity contribution in [1.82, 2.24) is 0 Å². The molecule has 152 valence electrons. The van der Waals surface area contributed by atoms with Gasteiger partial charge in [0, 0.05) is 0 Å². The topological polar surface area (TPSA) is 0 Å². The molecule has 0 spiro atoms. The van der Waals surface area contributed by atoms with E-state index in [1.807, 2.05) is 0 Å². The van der Waals surface area contributed by atoms with Crippen LogP contribution in [0.1, 0.15) is 78.0 Å². The molecule has 0 aromatic heterocycles. The van der Waals surface area contributed by atoms with E-state index in [1.54, 1.807) is 0 Å². The van der Waals surface area contributed by atoms with Gasteiger partial charge >= 0.3 is 0 Å². The Morgan fingerprint density at radius 2 is 0.828 bits per heavy atom. The molecular weight excluding hydrogens is 348 g/mol. The highest BCUT2D eigenvalue weighted by Crippen LogP contribution is 2.33. The molecule has 0 N–H and O–H groups in total. The fraction of sp³-hybridized carbons (Fsp3) is 0.379. The lowest BCUT2D eigenvalue weighted by atomic mass is 9.85. The maximum atomic E-state index is 2.35. The van der Waals surface area contributed by atoms with E-state index in [9.17, 15) is 0 Å². The summed E-state index contributed by atoms with van der Waals surface area (Å²) in [4.78, 5) is 0. The Kier molecular flexibility index (Phi) is 5.77. The van der Waals surface area contributed by atoms with E-state index < -0.39 is 0 Å². The summed E-state index contributed by atoms with van der Waals surface area (Å²) in [5, 5.41) is 0. The summed E-state index contributed by atoms with van der Waals surface area (Å²) in [7, 11) is 0. The molecule has 0 aliphatic heterocycles. The fourth-order valence-corrected chi connectivity index (χ4v) is 3.64. The summed E-state index contributed by atoms with van der Waals surface area (Å²) in [5.74, 6) is 0.497. The smallest absolute Gasteiger partial charge is 0.0132 e. The van der Waals surface area contributed by atoms with Crippen molar-refractivity contribution >= 4 is 0 Å². The van der Waals surface area contributed by atoms with Crippen LogP contribution in [0.3, 0.4) is 0 Å². The van der Waals surface area contributed by atoms with Crippen LogP contribution in [0.15, 0.2) is 66.7 Å². The molecule has 0 atom stereocenters. The monoisotopic (exact) mass is 384 g/mol. The summed E-state index contributed by atoms with van der Waals surface area (Å²) < 4.78 is 0. The largest absolute Gasteiger partial charge is 0.0587 e. The molecule has 29 heavy (non-hydrogen) atoms. The molecule has 0 heteroatoms. The minimum absolute atomic E-state index is 0.179. The fourth-order valence-electron chi connectivity index (χ4n) is 3.64. The quantitative estimate of drug-likeness (QED) is 0.423. The van der Waals surface area contributed by atoms with Crippen LogP contribution >= 0.6 is 0 Å². The standard InChI is InChI=1S/C29H36/c1-20(2)23-17-24(21-9-13-26(14-10-21)28(3,4)5)19-25(18-23)22-11-15-27(16-12-22)29(6,7)8/h9-20H,1-8H3. The highest BCUT2D eigenvalue weighted by Gasteiger charge is 2.15. The lowest BCUT2D eigenvalue weighted by Crippen LogP contribution is -2.10. The number of rotatable bonds is 3. The molecule has 3 aromatic carbocycles. The predicted octanol–water partition coefficient (Wildman–Crippen LogP) is 8.74. The Bertz CT molecular complexity index is 881. The Balaban J connectivity index is 2.05. The average molecular weight is 385 g/mol. The van der Waals surface area contributed by atoms with Crippen molar-refractivity contribution < 1.29 is 0 Å². The van der Waals surface area contributed by atoms with Crippen LogP contribution in [0.4, 0.5) is 0 Å². The molecular formula is C29H36. The van der Waals surface area contributed by atoms with Gasteiger partial charge in [-0.25, -0.2) is 0 Å². The third-order valence-corrected chi connectivity index (χ3v) is 5.79. The molecule has 0 bridgehead atoms. The molecule has 0 amide bonds. The Morgan fingerprint density at radius 3 is 1.10 bits per heavy atom. The van der Waals surface area contributed by atoms with Gasteiger partial charge in [0.15, 0.2) is 0 Å². The highest BCUT2D eigenvalue weighted by atomic mass is 14.2. The molecule has 0 aliphatic carbocycles. The van der Waals surface area contributed by atoms with Crippen molar-refractivity contribution in [1.29, 1.82) is 0 Å². The van der Waals surface area contributed by atoms with Gasteiger partial charge in [0.1, 0.15) is 0 Å². The van der Waals surface area contributed by atoms with Gasteiger partial charge in [0.25, 0.3) is 0 Å². The van der Waals surface area contributed by atoms with E-state index in [1.165, 1.54) is 38.9 Å². The van der Waals surface area contributed by atoms with Crippen LogP contribution in [0.5, 0.6) is 0 Å². The first kappa shape index (κ1) is 21.4. The van der Waals surface area contributed by atoms with Gasteiger partial charge in [0.05, 0.1) is 0 Å². The van der Waals surface area contributed by atoms with Crippen molar-refractivity contribution in [2.24, 2.45) is 0 Å². The minimum Gasteiger partial charge on any atom is -0.0587 e. The van der Waals surface area contributed by atoms with Crippen molar-refractivity contribution in [3.8, 4) is 22.3 Å². The predicted molar refractivity (Wildman–Crippen MR) is 129 cm³/mol. The van der Waals surface area contributed by atoms with Gasteiger partial charge in [-0.05, 0) is 61.8 Å². The van der Waals surface area contributed by atoms with Crippen molar-refractivity contribution in [2.75, 3.05) is 0 Å². The van der Waals surface area contributed by atoms with Gasteiger partial charge in [0.2, 0.25) is 0 Å². The van der Waals surface area contributed by atoms with Crippen molar-refractivity contribution in [3.05, 3.63) is 83.4 Å². The van der Waals surface area contributed by atoms with Crippen LogP contribution in [-0.2, 0) is 10.8 Å². The van der Waals surface area contributed by atoms with E-state index >= 15 is 0 Å². The second-order valence-corrected chi connectivity index (χ2v) is 10.7. The minimum atomic E-state index is 0.179. The van der Waals surface area contributed by atoms with Crippen molar-refractivity contribution in [2.45, 2.75) is 72.1 Å². The third-order valence-electron chi connectivity index (χ3n) is 5.79. The van der Waals surface area contributed by atoms with Gasteiger partial charge in [-0.2, -0.15) is 0 Å². The maximum Gasteiger partial charge on any atom is -0.0132 e. The van der Waals surface area contributed by atoms with E-state index in [2.05, 4.69) is 122 Å². The molecule has 0 unspecified atom stereocenters. The zero-order chi connectivity index (χ0) is 21.4. The summed E-state index contributed by atoms with van der Waals surface area (Å²) in [6, 6.07) is 25.2. The third kappa shape index (κ3) is 4.99. The molecule has 0 aliphatic rings. The molecule has 3 rings (SSSR count). The van der Waals surface area contributed by atoms with Gasteiger partial charge in [-0.3, -0.25) is 0 Å². The molecule has 0 nitrogen and oxygen atoms in total. The summed E-state index contributed by atoms with van der Waals surface area (Å²) in [5.41, 5.74) is 9.66. The first-order valence-corrected chi connectivity index (χ1v) is 10.8. The Labute approximate surface area is 178 Å². The van der Waals surface area contributed by atoms with Gasteiger partial charge in [-0.1, -0.05) is 116 Å². The Hall–Kier alpha value is -2.34. The van der Waals surface area contributed by atoms with E-state index in [4.69, 9.17) is 0 Å². The molecule has 0 saturated carbocycles. The van der Waals surface area contributed by atoms with E-state index in [-0.39, 0.29) is 10.8 Å². The van der Waals surface area contributed by atoms with Gasteiger partial charge in [-0.15, -0.1) is 0 Å². The van der Waals surface area contributed by atoms with Crippen LogP contribution in [-0.4, -0.2) is 0 Å². The first-order valence-electron chi connectivity index (χ1n) is 10.8. The second-order valence-electron chi connectivity index (χ2n) is 10.7. The van der Waals surface area contributed by atoms with Crippen LogP contribution in [0, 0.1) is 0 Å². The number of benzene rings is 3. The molecule has 0 heterocycles. The normalized spacial score (nSPS) is 12.4. The summed E-state index contributed by atoms with van der Waals surface area (Å²) in [6.07, 6.45) is 0. The van der Waals surface area contributed by atoms with E-state index in [0.29, 0.717) is 5.92 Å². The number of hydrogen-bond acceptors (Lipinski definition) is 0. The van der Waals surface area contributed by atoms with Crippen molar-refractivity contribution in [3.63, 3.8) is 0 Å². The summed E-state index contributed by atoms with van der Waals surface area (Å²) in [6.45, 7) is 18.1. The summed E-state index contributed by atoms with van der Waals surface area (Å²) >= 11 is 0. The first-order chi connectivity index (χ1) is 13.4. The number of hydrogen-bond donors (Lipinski definition) is 0. The highest BCUT2D eigenvalue weighted by molar-refractivity contribution is 5.74. The maximum absolute atomic E-state index is 2.35. The van der Waals surface area contributed by atoms with Crippen LogP contribution in [0.2, 0.25) is 0 Å². The zero-order valence-electron chi connectivity index (χ0n) is 19.4. The average Bonchev–Trinajstić information content (AvgIpc) is 2.66. The van der Waals surface area contributed by atoms with Gasteiger partial charge < -0.3 is 0 Å². The molecule has 3 aromatic rings.